The van der Waals surface area contributed by atoms with Gasteiger partial charge in [0.25, 0.3) is 11.5 Å². The number of nitrogens with zero attached hydrogens (tertiary/aromatic N) is 4. The Morgan fingerprint density at radius 2 is 1.77 bits per heavy atom. The van der Waals surface area contributed by atoms with Crippen LogP contribution in [0.25, 0.3) is 28.0 Å². The standard InChI is InChI=1S/C36H38FN7O3/c1-22-20-43(32-11-10-27(37)17-30(22)32)29-15-24(14-28(18-29)42-12-5-6-13-42)21-44-33(25-8-7-9-26(16-25)35(46)39-4)40-19-31(36(44)47)41-34(45)23(2)38-3/h7-11,14-20,23,38H,5-6,12-13,21H2,1-4H3,(H,39,46)(H,41,45). The number of aromatic nitrogens is 3. The summed E-state index contributed by atoms with van der Waals surface area (Å²) in [7, 11) is 3.23. The van der Waals surface area contributed by atoms with E-state index in [0.29, 0.717) is 17.0 Å². The summed E-state index contributed by atoms with van der Waals surface area (Å²) in [6, 6.07) is 17.4. The molecule has 3 aromatic carbocycles. The number of hydrogen-bond donors (Lipinski definition) is 3. The highest BCUT2D eigenvalue weighted by Crippen LogP contribution is 2.31. The quantitative estimate of drug-likeness (QED) is 0.213. The highest BCUT2D eigenvalue weighted by Gasteiger charge is 2.20. The van der Waals surface area contributed by atoms with Crippen LogP contribution in [-0.2, 0) is 11.3 Å². The lowest BCUT2D eigenvalue weighted by Crippen LogP contribution is -2.38. The largest absolute Gasteiger partial charge is 0.371 e. The summed E-state index contributed by atoms with van der Waals surface area (Å²) in [5, 5.41) is 9.07. The van der Waals surface area contributed by atoms with E-state index >= 15 is 0 Å². The molecule has 1 fully saturated rings. The van der Waals surface area contributed by atoms with Gasteiger partial charge in [0.05, 0.1) is 24.3 Å². The molecule has 1 aliphatic heterocycles. The van der Waals surface area contributed by atoms with Gasteiger partial charge in [-0.1, -0.05) is 12.1 Å². The Labute approximate surface area is 272 Å². The molecular formula is C36H38FN7O3. The first-order valence-corrected chi connectivity index (χ1v) is 15.7. The maximum Gasteiger partial charge on any atom is 0.277 e. The van der Waals surface area contributed by atoms with Crippen molar-refractivity contribution in [3.63, 3.8) is 0 Å². The number of amides is 2. The predicted molar refractivity (Wildman–Crippen MR) is 183 cm³/mol. The van der Waals surface area contributed by atoms with Crippen molar-refractivity contribution >= 4 is 34.1 Å². The fourth-order valence-electron chi connectivity index (χ4n) is 6.08. The van der Waals surface area contributed by atoms with Crippen LogP contribution in [0.3, 0.4) is 0 Å². The van der Waals surface area contributed by atoms with Crippen molar-refractivity contribution in [3.05, 3.63) is 106 Å². The number of hydrogen-bond acceptors (Lipinski definition) is 6. The smallest absolute Gasteiger partial charge is 0.277 e. The summed E-state index contributed by atoms with van der Waals surface area (Å²) >= 11 is 0. The molecule has 0 radical (unpaired) electrons. The minimum Gasteiger partial charge on any atom is -0.371 e. The molecule has 1 unspecified atom stereocenters. The summed E-state index contributed by atoms with van der Waals surface area (Å²) in [4.78, 5) is 46.4. The van der Waals surface area contributed by atoms with Crippen LogP contribution < -0.4 is 26.4 Å². The van der Waals surface area contributed by atoms with Crippen LogP contribution in [0.15, 0.2) is 77.9 Å². The molecule has 1 saturated heterocycles. The molecule has 10 nitrogen and oxygen atoms in total. The molecule has 11 heteroatoms. The molecule has 5 aromatic rings. The topological polar surface area (TPSA) is 113 Å². The Bertz CT molecular complexity index is 2040. The number of benzene rings is 3. The molecule has 0 aliphatic carbocycles. The molecule has 3 N–H and O–H groups in total. The molecule has 242 valence electrons. The van der Waals surface area contributed by atoms with Crippen molar-refractivity contribution in [2.75, 3.05) is 37.4 Å². The Morgan fingerprint density at radius 3 is 2.51 bits per heavy atom. The Balaban J connectivity index is 1.51. The molecule has 2 aromatic heterocycles. The van der Waals surface area contributed by atoms with E-state index in [1.165, 1.54) is 16.8 Å². The molecule has 6 rings (SSSR count). The maximum atomic E-state index is 14.2. The number of rotatable bonds is 9. The van der Waals surface area contributed by atoms with Gasteiger partial charge in [-0.05, 0) is 93.4 Å². The lowest BCUT2D eigenvalue weighted by molar-refractivity contribution is -0.117. The minimum atomic E-state index is -0.528. The molecule has 1 atom stereocenters. The molecule has 2 amide bonds. The van der Waals surface area contributed by atoms with Gasteiger partial charge >= 0.3 is 0 Å². The van der Waals surface area contributed by atoms with E-state index in [0.717, 1.165) is 59.3 Å². The third kappa shape index (κ3) is 6.39. The van der Waals surface area contributed by atoms with Crippen molar-refractivity contribution < 1.29 is 14.0 Å². The van der Waals surface area contributed by atoms with Crippen LogP contribution in [0.4, 0.5) is 15.8 Å². The number of carbonyl (C=O) groups is 2. The molecule has 0 bridgehead atoms. The molecule has 3 heterocycles. The highest BCUT2D eigenvalue weighted by atomic mass is 19.1. The van der Waals surface area contributed by atoms with Gasteiger partial charge in [0.2, 0.25) is 5.91 Å². The first kappa shape index (κ1) is 31.7. The van der Waals surface area contributed by atoms with Crippen LogP contribution in [-0.4, -0.2) is 59.2 Å². The van der Waals surface area contributed by atoms with Crippen LogP contribution in [0.2, 0.25) is 0 Å². The minimum absolute atomic E-state index is 0.0493. The Kier molecular flexibility index (Phi) is 8.91. The van der Waals surface area contributed by atoms with E-state index < -0.39 is 11.6 Å². The van der Waals surface area contributed by atoms with Gasteiger partial charge in [-0.3, -0.25) is 19.0 Å². The van der Waals surface area contributed by atoms with Crippen LogP contribution in [0.5, 0.6) is 0 Å². The monoisotopic (exact) mass is 635 g/mol. The SMILES string of the molecule is CNC(=O)c1cccc(-c2ncc(NC(=O)C(C)NC)c(=O)n2Cc2cc(N3CCCC3)cc(-n3cc(C)c4cc(F)ccc43)c2)c1. The predicted octanol–water partition coefficient (Wildman–Crippen LogP) is 4.86. The van der Waals surface area contributed by atoms with Gasteiger partial charge in [0.1, 0.15) is 17.3 Å². The van der Waals surface area contributed by atoms with Crippen molar-refractivity contribution in [1.29, 1.82) is 0 Å². The summed E-state index contributed by atoms with van der Waals surface area (Å²) in [6.45, 7) is 5.64. The number of fused-ring (bicyclic) bond motifs is 1. The second-order valence-corrected chi connectivity index (χ2v) is 11.9. The number of carbonyl (C=O) groups excluding carboxylic acids is 2. The lowest BCUT2D eigenvalue weighted by atomic mass is 10.1. The van der Waals surface area contributed by atoms with Crippen LogP contribution in [0, 0.1) is 12.7 Å². The van der Waals surface area contributed by atoms with Crippen LogP contribution >= 0.6 is 0 Å². The normalized spacial score (nSPS) is 13.6. The number of likely N-dealkylation sites (N-methyl/N-ethyl adjacent to an activating group) is 1. The summed E-state index contributed by atoms with van der Waals surface area (Å²) in [5.41, 5.74) is 5.19. The fraction of sp³-hybridized carbons (Fsp3) is 0.278. The van der Waals surface area contributed by atoms with Crippen LogP contribution in [0.1, 0.15) is 41.3 Å². The highest BCUT2D eigenvalue weighted by molar-refractivity contribution is 5.95. The number of aryl methyl sites for hydroxylation is 1. The second-order valence-electron chi connectivity index (χ2n) is 11.9. The van der Waals surface area contributed by atoms with Gasteiger partial charge in [-0.2, -0.15) is 0 Å². The average molecular weight is 636 g/mol. The zero-order valence-electron chi connectivity index (χ0n) is 26.9. The lowest BCUT2D eigenvalue weighted by Gasteiger charge is -2.22. The summed E-state index contributed by atoms with van der Waals surface area (Å²) in [5.74, 6) is -0.563. The van der Waals surface area contributed by atoms with Gasteiger partial charge in [0.15, 0.2) is 0 Å². The zero-order valence-corrected chi connectivity index (χ0v) is 26.9. The van der Waals surface area contributed by atoms with E-state index in [9.17, 15) is 18.8 Å². The average Bonchev–Trinajstić information content (AvgIpc) is 3.74. The van der Waals surface area contributed by atoms with Crippen molar-refractivity contribution in [2.24, 2.45) is 0 Å². The number of anilines is 2. The summed E-state index contributed by atoms with van der Waals surface area (Å²) < 4.78 is 17.8. The van der Waals surface area contributed by atoms with Crippen molar-refractivity contribution in [2.45, 2.75) is 39.3 Å². The fourth-order valence-corrected chi connectivity index (χ4v) is 6.08. The molecule has 1 aliphatic rings. The second kappa shape index (κ2) is 13.2. The number of halogens is 1. The molecule has 0 spiro atoms. The van der Waals surface area contributed by atoms with E-state index in [2.05, 4.69) is 42.5 Å². The van der Waals surface area contributed by atoms with Gasteiger partial charge in [0, 0.05) is 54.2 Å². The first-order chi connectivity index (χ1) is 22.7. The zero-order chi connectivity index (χ0) is 33.2. The van der Waals surface area contributed by atoms with Crippen molar-refractivity contribution in [1.82, 2.24) is 24.8 Å². The maximum absolute atomic E-state index is 14.2. The first-order valence-electron chi connectivity index (χ1n) is 15.7. The number of nitrogens with one attached hydrogen (secondary N) is 3. The third-order valence-electron chi connectivity index (χ3n) is 8.76. The Hall–Kier alpha value is -5.29. The van der Waals surface area contributed by atoms with Crippen molar-refractivity contribution in [3.8, 4) is 17.1 Å². The van der Waals surface area contributed by atoms with E-state index in [-0.39, 0.29) is 29.9 Å². The van der Waals surface area contributed by atoms with E-state index in [4.69, 9.17) is 0 Å². The van der Waals surface area contributed by atoms with E-state index in [1.807, 2.05) is 19.2 Å². The molecular weight excluding hydrogens is 597 g/mol. The van der Waals surface area contributed by atoms with Gasteiger partial charge < -0.3 is 25.4 Å². The van der Waals surface area contributed by atoms with Gasteiger partial charge in [-0.25, -0.2) is 9.37 Å². The third-order valence-corrected chi connectivity index (χ3v) is 8.76. The molecule has 47 heavy (non-hydrogen) atoms. The Morgan fingerprint density at radius 1 is 1.00 bits per heavy atom. The summed E-state index contributed by atoms with van der Waals surface area (Å²) in [6.07, 6.45) is 5.54. The van der Waals surface area contributed by atoms with Gasteiger partial charge in [-0.15, -0.1) is 0 Å². The van der Waals surface area contributed by atoms with E-state index in [1.54, 1.807) is 57.4 Å². The molecule has 0 saturated carbocycles.